The lowest BCUT2D eigenvalue weighted by Gasteiger charge is -2.24. The van der Waals surface area contributed by atoms with Gasteiger partial charge in [0.05, 0.1) is 18.6 Å². The van der Waals surface area contributed by atoms with Crippen LogP contribution in [0, 0.1) is 0 Å². The number of sulfonamides is 1. The monoisotopic (exact) mass is 437 g/mol. The van der Waals surface area contributed by atoms with E-state index < -0.39 is 10.0 Å². The van der Waals surface area contributed by atoms with Gasteiger partial charge in [0.15, 0.2) is 5.76 Å². The minimum Gasteiger partial charge on any atom is -0.461 e. The highest BCUT2D eigenvalue weighted by molar-refractivity contribution is 7.89. The molecule has 30 heavy (non-hydrogen) atoms. The van der Waals surface area contributed by atoms with Gasteiger partial charge in [0.1, 0.15) is 0 Å². The molecule has 1 saturated heterocycles. The number of piperidine rings is 1. The topological polar surface area (TPSA) is 137 Å². The Morgan fingerprint density at radius 2 is 1.87 bits per heavy atom. The molecule has 2 aromatic heterocycles. The lowest BCUT2D eigenvalue weighted by molar-refractivity contribution is -0.147. The molecule has 1 aliphatic carbocycles. The van der Waals surface area contributed by atoms with Gasteiger partial charge in [-0.3, -0.25) is 19.1 Å². The molecule has 12 heteroatoms. The Bertz CT molecular complexity index is 1080. The predicted molar refractivity (Wildman–Crippen MR) is 105 cm³/mol. The first kappa shape index (κ1) is 20.5. The van der Waals surface area contributed by atoms with E-state index in [9.17, 15) is 22.8 Å². The van der Waals surface area contributed by atoms with Gasteiger partial charge >= 0.3 is 5.69 Å². The van der Waals surface area contributed by atoms with Crippen molar-refractivity contribution < 1.29 is 22.4 Å². The predicted octanol–water partition coefficient (Wildman–Crippen LogP) is 0.0982. The number of carbonyl (C=O) groups excluding carboxylic acids is 2. The van der Waals surface area contributed by atoms with Crippen LogP contribution in [0.5, 0.6) is 0 Å². The summed E-state index contributed by atoms with van der Waals surface area (Å²) in [4.78, 5) is 37.3. The molecule has 11 nitrogen and oxygen atoms in total. The third-order valence-corrected chi connectivity index (χ3v) is 6.50. The fourth-order valence-electron chi connectivity index (χ4n) is 3.44. The molecular formula is C18H23N5O6S. The second-order valence-electron chi connectivity index (χ2n) is 7.41. The number of aromatic nitrogens is 3. The standard InChI is InChI=1S/C18H23N5O6S/c24-15-4-1-5-16(25)21(15)10-12-30(27,28)19-8-9-22-18(26)23(13-6-7-13)17(20-22)14-3-2-11-29-14/h2-3,11,13,19H,1,4-10,12H2. The molecule has 2 aromatic rings. The average molecular weight is 437 g/mol. The molecule has 2 aliphatic rings. The molecule has 1 saturated carbocycles. The summed E-state index contributed by atoms with van der Waals surface area (Å²) in [5, 5.41) is 4.31. The van der Waals surface area contributed by atoms with Gasteiger partial charge in [0.2, 0.25) is 27.7 Å². The zero-order chi connectivity index (χ0) is 21.3. The first-order valence-electron chi connectivity index (χ1n) is 9.89. The molecule has 0 atom stereocenters. The SMILES string of the molecule is O=C1CCCC(=O)N1CCS(=O)(=O)NCCn1nc(-c2ccco2)n(C2CC2)c1=O. The fraction of sp³-hybridized carbons (Fsp3) is 0.556. The Balaban J connectivity index is 1.37. The zero-order valence-electron chi connectivity index (χ0n) is 16.3. The Morgan fingerprint density at radius 1 is 1.13 bits per heavy atom. The first-order chi connectivity index (χ1) is 14.4. The highest BCUT2D eigenvalue weighted by Crippen LogP contribution is 2.36. The number of carbonyl (C=O) groups is 2. The summed E-state index contributed by atoms with van der Waals surface area (Å²) in [6, 6.07) is 3.52. The van der Waals surface area contributed by atoms with E-state index in [1.165, 1.54) is 10.9 Å². The van der Waals surface area contributed by atoms with E-state index in [1.807, 2.05) is 0 Å². The number of hydrogen-bond acceptors (Lipinski definition) is 7. The quantitative estimate of drug-likeness (QED) is 0.549. The molecular weight excluding hydrogens is 414 g/mol. The number of amides is 2. The molecule has 1 N–H and O–H groups in total. The lowest BCUT2D eigenvalue weighted by Crippen LogP contribution is -2.44. The molecule has 4 rings (SSSR count). The van der Waals surface area contributed by atoms with Crippen LogP contribution in [-0.4, -0.2) is 58.3 Å². The van der Waals surface area contributed by atoms with Gasteiger partial charge in [0, 0.05) is 32.0 Å². The van der Waals surface area contributed by atoms with E-state index in [0.29, 0.717) is 18.0 Å². The maximum Gasteiger partial charge on any atom is 0.346 e. The third-order valence-electron chi connectivity index (χ3n) is 5.14. The van der Waals surface area contributed by atoms with Crippen LogP contribution >= 0.6 is 0 Å². The maximum atomic E-state index is 12.7. The van der Waals surface area contributed by atoms with Crippen LogP contribution in [0.25, 0.3) is 11.6 Å². The Morgan fingerprint density at radius 3 is 2.50 bits per heavy atom. The number of imide groups is 1. The van der Waals surface area contributed by atoms with Crippen molar-refractivity contribution in [3.05, 3.63) is 28.9 Å². The van der Waals surface area contributed by atoms with Crippen LogP contribution in [0.4, 0.5) is 0 Å². The highest BCUT2D eigenvalue weighted by atomic mass is 32.2. The summed E-state index contributed by atoms with van der Waals surface area (Å²) >= 11 is 0. The largest absolute Gasteiger partial charge is 0.461 e. The first-order valence-corrected chi connectivity index (χ1v) is 11.5. The summed E-state index contributed by atoms with van der Waals surface area (Å²) in [5.41, 5.74) is -0.312. The van der Waals surface area contributed by atoms with Crippen LogP contribution in [-0.2, 0) is 26.2 Å². The van der Waals surface area contributed by atoms with E-state index in [2.05, 4.69) is 9.82 Å². The van der Waals surface area contributed by atoms with Crippen molar-refractivity contribution in [2.24, 2.45) is 0 Å². The molecule has 0 spiro atoms. The normalized spacial score (nSPS) is 17.7. The number of furan rings is 1. The van der Waals surface area contributed by atoms with E-state index >= 15 is 0 Å². The van der Waals surface area contributed by atoms with Crippen molar-refractivity contribution in [1.29, 1.82) is 0 Å². The number of hydrogen-bond donors (Lipinski definition) is 1. The summed E-state index contributed by atoms with van der Waals surface area (Å²) in [6.45, 7) is -0.164. The molecule has 1 aliphatic heterocycles. The van der Waals surface area contributed by atoms with Crippen LogP contribution in [0.1, 0.15) is 38.1 Å². The smallest absolute Gasteiger partial charge is 0.346 e. The van der Waals surface area contributed by atoms with Gasteiger partial charge in [0.25, 0.3) is 0 Å². The van der Waals surface area contributed by atoms with Gasteiger partial charge in [-0.25, -0.2) is 22.6 Å². The molecule has 3 heterocycles. The van der Waals surface area contributed by atoms with Crippen molar-refractivity contribution in [2.75, 3.05) is 18.8 Å². The van der Waals surface area contributed by atoms with E-state index in [-0.39, 0.29) is 61.8 Å². The molecule has 0 bridgehead atoms. The molecule has 0 aromatic carbocycles. The van der Waals surface area contributed by atoms with Gasteiger partial charge in [-0.1, -0.05) is 0 Å². The number of rotatable bonds is 9. The second-order valence-corrected chi connectivity index (χ2v) is 9.34. The fourth-order valence-corrected chi connectivity index (χ4v) is 4.41. The van der Waals surface area contributed by atoms with Gasteiger partial charge in [-0.2, -0.15) is 0 Å². The van der Waals surface area contributed by atoms with E-state index in [4.69, 9.17) is 4.42 Å². The van der Waals surface area contributed by atoms with Crippen molar-refractivity contribution in [3.63, 3.8) is 0 Å². The molecule has 2 fully saturated rings. The Labute approximate surface area is 172 Å². The minimum absolute atomic E-state index is 0.0383. The Hall–Kier alpha value is -2.73. The third kappa shape index (κ3) is 4.38. The Kier molecular flexibility index (Phi) is 5.60. The average Bonchev–Trinajstić information content (AvgIpc) is 3.26. The highest BCUT2D eigenvalue weighted by Gasteiger charge is 2.31. The number of nitrogens with one attached hydrogen (secondary N) is 1. The molecule has 162 valence electrons. The zero-order valence-corrected chi connectivity index (χ0v) is 17.1. The van der Waals surface area contributed by atoms with Crippen LogP contribution < -0.4 is 10.4 Å². The van der Waals surface area contributed by atoms with Crippen molar-refractivity contribution in [3.8, 4) is 11.6 Å². The molecule has 0 radical (unpaired) electrons. The molecule has 2 amide bonds. The number of likely N-dealkylation sites (tertiary alicyclic amines) is 1. The van der Waals surface area contributed by atoms with E-state index in [0.717, 1.165) is 17.7 Å². The molecule has 0 unspecified atom stereocenters. The lowest BCUT2D eigenvalue weighted by atomic mass is 10.1. The van der Waals surface area contributed by atoms with Crippen LogP contribution in [0.2, 0.25) is 0 Å². The van der Waals surface area contributed by atoms with Crippen molar-refractivity contribution in [2.45, 2.75) is 44.7 Å². The van der Waals surface area contributed by atoms with Gasteiger partial charge in [-0.15, -0.1) is 5.10 Å². The van der Waals surface area contributed by atoms with Crippen LogP contribution in [0.3, 0.4) is 0 Å². The summed E-state index contributed by atoms with van der Waals surface area (Å²) < 4.78 is 35.1. The second kappa shape index (κ2) is 8.19. The summed E-state index contributed by atoms with van der Waals surface area (Å²) in [7, 11) is -3.73. The number of nitrogens with zero attached hydrogens (tertiary/aromatic N) is 4. The summed E-state index contributed by atoms with van der Waals surface area (Å²) in [6.07, 6.45) is 4.29. The van der Waals surface area contributed by atoms with Crippen molar-refractivity contribution in [1.82, 2.24) is 24.0 Å². The minimum atomic E-state index is -3.73. The van der Waals surface area contributed by atoms with Crippen molar-refractivity contribution >= 4 is 21.8 Å². The van der Waals surface area contributed by atoms with E-state index in [1.54, 1.807) is 16.7 Å². The summed E-state index contributed by atoms with van der Waals surface area (Å²) in [5.74, 6) is -0.159. The van der Waals surface area contributed by atoms with Gasteiger partial charge in [-0.05, 0) is 31.4 Å². The van der Waals surface area contributed by atoms with Crippen LogP contribution in [0.15, 0.2) is 27.6 Å². The maximum absolute atomic E-state index is 12.7. The van der Waals surface area contributed by atoms with Gasteiger partial charge < -0.3 is 4.42 Å².